The molecule has 1 saturated carbocycles. The van der Waals surface area contributed by atoms with E-state index in [2.05, 4.69) is 10.2 Å². The van der Waals surface area contributed by atoms with E-state index >= 15 is 0 Å². The molecule has 37 heavy (non-hydrogen) atoms. The predicted octanol–water partition coefficient (Wildman–Crippen LogP) is 6.51. The molecule has 1 unspecified atom stereocenters. The van der Waals surface area contributed by atoms with Gasteiger partial charge in [-0.05, 0) is 73.7 Å². The molecular weight excluding hydrogens is 481 g/mol. The number of alkyl halides is 3. The number of benzene rings is 3. The number of hydrogen-bond donors (Lipinski definition) is 2. The van der Waals surface area contributed by atoms with Gasteiger partial charge in [0.15, 0.2) is 0 Å². The summed E-state index contributed by atoms with van der Waals surface area (Å²) >= 11 is 0. The molecule has 5 nitrogen and oxygen atoms in total. The first-order valence-corrected chi connectivity index (χ1v) is 12.2. The van der Waals surface area contributed by atoms with Crippen LogP contribution in [0.25, 0.3) is 0 Å². The molecular formula is C29H27F3N2O3. The van der Waals surface area contributed by atoms with Crippen molar-refractivity contribution in [1.82, 2.24) is 5.32 Å². The maximum Gasteiger partial charge on any atom is 0.416 e. The zero-order valence-corrected chi connectivity index (χ0v) is 20.5. The van der Waals surface area contributed by atoms with Crippen molar-refractivity contribution in [3.8, 4) is 0 Å². The van der Waals surface area contributed by atoms with Crippen LogP contribution in [-0.2, 0) is 11.6 Å². The van der Waals surface area contributed by atoms with Gasteiger partial charge in [0.1, 0.15) is 0 Å². The van der Waals surface area contributed by atoms with E-state index in [0.717, 1.165) is 47.4 Å². The van der Waals surface area contributed by atoms with Crippen molar-refractivity contribution in [2.24, 2.45) is 0 Å². The quantitative estimate of drug-likeness (QED) is 0.398. The number of nitrogens with one attached hydrogen (secondary N) is 1. The Balaban J connectivity index is 1.43. The van der Waals surface area contributed by atoms with Gasteiger partial charge in [-0.3, -0.25) is 4.79 Å². The first-order valence-electron chi connectivity index (χ1n) is 12.2. The first kappa shape index (κ1) is 24.9. The minimum atomic E-state index is -4.39. The van der Waals surface area contributed by atoms with Crippen molar-refractivity contribution in [2.45, 2.75) is 50.4 Å². The molecule has 2 atom stereocenters. The third kappa shape index (κ3) is 4.56. The van der Waals surface area contributed by atoms with Crippen LogP contribution in [-0.4, -0.2) is 23.5 Å². The molecule has 1 aliphatic heterocycles. The smallest absolute Gasteiger partial charge is 0.416 e. The molecule has 1 amide bonds. The van der Waals surface area contributed by atoms with E-state index in [9.17, 15) is 22.8 Å². The zero-order valence-electron chi connectivity index (χ0n) is 20.5. The Hall–Kier alpha value is -3.81. The minimum absolute atomic E-state index is 0.0237. The number of rotatable bonds is 6. The van der Waals surface area contributed by atoms with Crippen molar-refractivity contribution in [3.05, 3.63) is 100 Å². The Morgan fingerprint density at radius 1 is 0.946 bits per heavy atom. The summed E-state index contributed by atoms with van der Waals surface area (Å²) in [6.07, 6.45) is -2.38. The van der Waals surface area contributed by atoms with Gasteiger partial charge in [0.05, 0.1) is 34.5 Å². The molecule has 2 N–H and O–H groups in total. The molecule has 1 spiro atoms. The molecule has 192 valence electrons. The fourth-order valence-electron chi connectivity index (χ4n) is 5.27. The van der Waals surface area contributed by atoms with Crippen LogP contribution in [0.1, 0.15) is 81.7 Å². The lowest BCUT2D eigenvalue weighted by Gasteiger charge is -2.30. The van der Waals surface area contributed by atoms with Gasteiger partial charge in [-0.2, -0.15) is 13.2 Å². The van der Waals surface area contributed by atoms with Crippen LogP contribution in [0.2, 0.25) is 0 Å². The Labute approximate surface area is 212 Å². The summed E-state index contributed by atoms with van der Waals surface area (Å²) in [7, 11) is 0. The lowest BCUT2D eigenvalue weighted by atomic mass is 9.96. The SMILES string of the molecule is CC(c1ccc(C(F)(F)F)cc1)N1CC2(CC2)c2cccc(C(=O)N[C@@H](C)c3ccc(C(=O)O)cc3)c21. The molecule has 0 radical (unpaired) electrons. The van der Waals surface area contributed by atoms with Crippen LogP contribution >= 0.6 is 0 Å². The fourth-order valence-corrected chi connectivity index (χ4v) is 5.27. The second kappa shape index (κ2) is 8.94. The lowest BCUT2D eigenvalue weighted by molar-refractivity contribution is -0.137. The summed E-state index contributed by atoms with van der Waals surface area (Å²) in [6, 6.07) is 16.7. The van der Waals surface area contributed by atoms with Crippen LogP contribution in [0.5, 0.6) is 0 Å². The number of aromatic carboxylic acids is 1. The van der Waals surface area contributed by atoms with Gasteiger partial charge in [-0.25, -0.2) is 4.79 Å². The van der Waals surface area contributed by atoms with Crippen LogP contribution in [0.4, 0.5) is 18.9 Å². The number of carbonyl (C=O) groups is 2. The second-order valence-corrected chi connectivity index (χ2v) is 10.0. The third-order valence-electron chi connectivity index (χ3n) is 7.66. The Morgan fingerprint density at radius 2 is 1.57 bits per heavy atom. The Kier molecular flexibility index (Phi) is 6.01. The van der Waals surface area contributed by atoms with Crippen molar-refractivity contribution in [2.75, 3.05) is 11.4 Å². The second-order valence-electron chi connectivity index (χ2n) is 10.0. The monoisotopic (exact) mass is 508 g/mol. The van der Waals surface area contributed by atoms with E-state index in [1.54, 1.807) is 18.2 Å². The topological polar surface area (TPSA) is 69.6 Å². The molecule has 0 saturated heterocycles. The van der Waals surface area contributed by atoms with E-state index in [-0.39, 0.29) is 29.0 Å². The van der Waals surface area contributed by atoms with Gasteiger partial charge in [0.2, 0.25) is 0 Å². The summed E-state index contributed by atoms with van der Waals surface area (Å²) in [5, 5.41) is 12.1. The normalized spacial score (nSPS) is 17.3. The highest BCUT2D eigenvalue weighted by molar-refractivity contribution is 6.02. The van der Waals surface area contributed by atoms with Crippen molar-refractivity contribution in [3.63, 3.8) is 0 Å². The lowest BCUT2D eigenvalue weighted by Crippen LogP contribution is -2.31. The minimum Gasteiger partial charge on any atom is -0.478 e. The number of anilines is 1. The molecule has 1 heterocycles. The summed E-state index contributed by atoms with van der Waals surface area (Å²) in [5.74, 6) is -1.27. The largest absolute Gasteiger partial charge is 0.478 e. The molecule has 0 bridgehead atoms. The van der Waals surface area contributed by atoms with Crippen molar-refractivity contribution in [1.29, 1.82) is 0 Å². The van der Waals surface area contributed by atoms with Gasteiger partial charge in [0.25, 0.3) is 5.91 Å². The average molecular weight is 509 g/mol. The van der Waals surface area contributed by atoms with Crippen LogP contribution in [0.15, 0.2) is 66.7 Å². The molecule has 2 aliphatic rings. The van der Waals surface area contributed by atoms with Crippen LogP contribution < -0.4 is 10.2 Å². The standard InChI is InChI=1S/C29H27F3N2O3/c1-17(19-6-8-21(9-7-19)27(36)37)33-26(35)23-4-3-5-24-25(23)34(16-28(24)14-15-28)18(2)20-10-12-22(13-11-20)29(30,31)32/h3-13,17-18H,14-16H2,1-2H3,(H,33,35)(H,36,37)/t17-,18?/m0/s1. The van der Waals surface area contributed by atoms with Crippen molar-refractivity contribution >= 4 is 17.6 Å². The summed E-state index contributed by atoms with van der Waals surface area (Å²) in [5.41, 5.74) is 3.45. The molecule has 3 aromatic rings. The van der Waals surface area contributed by atoms with Gasteiger partial charge >= 0.3 is 12.1 Å². The van der Waals surface area contributed by atoms with Gasteiger partial charge < -0.3 is 15.3 Å². The summed E-state index contributed by atoms with van der Waals surface area (Å²) < 4.78 is 39.2. The average Bonchev–Trinajstić information content (AvgIpc) is 3.58. The highest BCUT2D eigenvalue weighted by Crippen LogP contribution is 2.58. The molecule has 8 heteroatoms. The molecule has 3 aromatic carbocycles. The number of fused-ring (bicyclic) bond motifs is 2. The summed E-state index contributed by atoms with van der Waals surface area (Å²) in [6.45, 7) is 4.50. The molecule has 5 rings (SSSR count). The van der Waals surface area contributed by atoms with E-state index in [4.69, 9.17) is 5.11 Å². The summed E-state index contributed by atoms with van der Waals surface area (Å²) in [4.78, 5) is 26.8. The highest BCUT2D eigenvalue weighted by atomic mass is 19.4. The first-order chi connectivity index (χ1) is 17.5. The number of hydrogen-bond acceptors (Lipinski definition) is 3. The van der Waals surface area contributed by atoms with Crippen molar-refractivity contribution < 1.29 is 27.9 Å². The van der Waals surface area contributed by atoms with Gasteiger partial charge in [-0.1, -0.05) is 36.4 Å². The Bertz CT molecular complexity index is 1350. The third-order valence-corrected chi connectivity index (χ3v) is 7.66. The van der Waals surface area contributed by atoms with E-state index < -0.39 is 17.7 Å². The number of halogens is 3. The number of para-hydroxylation sites is 1. The maximum atomic E-state index is 13.5. The van der Waals surface area contributed by atoms with E-state index in [1.165, 1.54) is 24.3 Å². The molecule has 1 fully saturated rings. The number of nitrogens with zero attached hydrogens (tertiary/aromatic N) is 1. The van der Waals surface area contributed by atoms with E-state index in [1.807, 2.05) is 26.0 Å². The maximum absolute atomic E-state index is 13.5. The highest BCUT2D eigenvalue weighted by Gasteiger charge is 2.53. The predicted molar refractivity (Wildman–Crippen MR) is 134 cm³/mol. The fraction of sp³-hybridized carbons (Fsp3) is 0.310. The van der Waals surface area contributed by atoms with Gasteiger partial charge in [-0.15, -0.1) is 0 Å². The zero-order chi connectivity index (χ0) is 26.5. The number of amides is 1. The van der Waals surface area contributed by atoms with Crippen LogP contribution in [0, 0.1) is 0 Å². The Morgan fingerprint density at radius 3 is 2.14 bits per heavy atom. The number of carboxylic acids is 1. The van der Waals surface area contributed by atoms with Gasteiger partial charge in [0, 0.05) is 12.0 Å². The molecule has 1 aliphatic carbocycles. The molecule has 0 aromatic heterocycles. The number of carboxylic acid groups (broad SMARTS) is 1. The van der Waals surface area contributed by atoms with Crippen LogP contribution in [0.3, 0.4) is 0 Å². The van der Waals surface area contributed by atoms with E-state index in [0.29, 0.717) is 12.1 Å². The number of carbonyl (C=O) groups excluding carboxylic acids is 1.